The Balaban J connectivity index is 2.89. The number of aliphatic hydroxyl groups is 1. The number of esters is 1. The molecule has 1 aliphatic heterocycles. The number of hydrogen-bond acceptors (Lipinski definition) is 6. The molecule has 6 heteroatoms. The molecule has 5 atom stereocenters. The third-order valence-electron chi connectivity index (χ3n) is 2.86. The highest BCUT2D eigenvalue weighted by Crippen LogP contribution is 2.27. The number of carbonyl (C=O) groups excluding carboxylic acids is 1. The number of aliphatic hydroxyl groups excluding tert-OH is 1. The molecule has 1 fully saturated rings. The summed E-state index contributed by atoms with van der Waals surface area (Å²) < 4.78 is 21.6. The van der Waals surface area contributed by atoms with Crippen LogP contribution in [0.3, 0.4) is 0 Å². The average molecular weight is 286 g/mol. The zero-order valence-corrected chi connectivity index (χ0v) is 11.9. The first kappa shape index (κ1) is 16.8. The Bertz CT molecular complexity index is 343. The molecule has 0 radical (unpaired) electrons. The molecule has 0 aromatic heterocycles. The van der Waals surface area contributed by atoms with Crippen molar-refractivity contribution in [1.29, 1.82) is 0 Å². The van der Waals surface area contributed by atoms with Crippen LogP contribution in [0, 0.1) is 0 Å². The molecule has 1 aliphatic rings. The topological polar surface area (TPSA) is 74.2 Å². The first-order valence-electron chi connectivity index (χ1n) is 6.47. The summed E-state index contributed by atoms with van der Waals surface area (Å²) in [5.41, 5.74) is 0. The molecule has 0 saturated carbocycles. The fourth-order valence-electron chi connectivity index (χ4n) is 2.09. The lowest BCUT2D eigenvalue weighted by Gasteiger charge is -2.42. The van der Waals surface area contributed by atoms with Crippen LogP contribution in [0.4, 0.5) is 0 Å². The van der Waals surface area contributed by atoms with Gasteiger partial charge in [-0.1, -0.05) is 12.2 Å². The van der Waals surface area contributed by atoms with Gasteiger partial charge in [0.05, 0.1) is 19.3 Å². The molecule has 20 heavy (non-hydrogen) atoms. The molecular weight excluding hydrogens is 264 g/mol. The highest BCUT2D eigenvalue weighted by atomic mass is 16.7. The molecule has 0 bridgehead atoms. The van der Waals surface area contributed by atoms with Crippen molar-refractivity contribution in [3.05, 3.63) is 25.3 Å². The molecule has 1 heterocycles. The molecular formula is C14H22O6. The van der Waals surface area contributed by atoms with Crippen molar-refractivity contribution in [2.75, 3.05) is 13.2 Å². The fourth-order valence-corrected chi connectivity index (χ4v) is 2.09. The molecule has 0 spiro atoms. The summed E-state index contributed by atoms with van der Waals surface area (Å²) in [7, 11) is 0. The van der Waals surface area contributed by atoms with E-state index in [0.29, 0.717) is 6.61 Å². The Hall–Kier alpha value is -1.21. The van der Waals surface area contributed by atoms with Gasteiger partial charge in [0.1, 0.15) is 12.2 Å². The highest BCUT2D eigenvalue weighted by molar-refractivity contribution is 5.66. The minimum absolute atomic E-state index is 0.246. The van der Waals surface area contributed by atoms with Crippen molar-refractivity contribution in [1.82, 2.24) is 0 Å². The predicted molar refractivity (Wildman–Crippen MR) is 72.0 cm³/mol. The molecule has 1 rings (SSSR count). The van der Waals surface area contributed by atoms with E-state index in [9.17, 15) is 9.90 Å². The third kappa shape index (κ3) is 4.42. The van der Waals surface area contributed by atoms with Crippen molar-refractivity contribution in [2.45, 2.75) is 44.6 Å². The van der Waals surface area contributed by atoms with Gasteiger partial charge in [0.2, 0.25) is 0 Å². The smallest absolute Gasteiger partial charge is 0.303 e. The van der Waals surface area contributed by atoms with E-state index in [-0.39, 0.29) is 6.61 Å². The zero-order chi connectivity index (χ0) is 15.1. The van der Waals surface area contributed by atoms with Crippen LogP contribution in [0.15, 0.2) is 25.3 Å². The summed E-state index contributed by atoms with van der Waals surface area (Å²) >= 11 is 0. The van der Waals surface area contributed by atoms with Gasteiger partial charge in [-0.25, -0.2) is 0 Å². The Morgan fingerprint density at radius 1 is 1.20 bits per heavy atom. The number of ether oxygens (including phenoxy) is 4. The quantitative estimate of drug-likeness (QED) is 0.551. The van der Waals surface area contributed by atoms with E-state index in [1.54, 1.807) is 19.1 Å². The molecule has 0 aromatic carbocycles. The van der Waals surface area contributed by atoms with Crippen molar-refractivity contribution >= 4 is 5.97 Å². The maximum atomic E-state index is 11.2. The van der Waals surface area contributed by atoms with E-state index in [2.05, 4.69) is 13.2 Å². The largest absolute Gasteiger partial charge is 0.454 e. The van der Waals surface area contributed by atoms with Crippen LogP contribution in [0.1, 0.15) is 13.8 Å². The van der Waals surface area contributed by atoms with E-state index >= 15 is 0 Å². The maximum Gasteiger partial charge on any atom is 0.303 e. The van der Waals surface area contributed by atoms with Gasteiger partial charge >= 0.3 is 5.97 Å². The van der Waals surface area contributed by atoms with Gasteiger partial charge in [-0.3, -0.25) is 4.79 Å². The normalized spacial score (nSPS) is 33.5. The zero-order valence-electron chi connectivity index (χ0n) is 11.9. The van der Waals surface area contributed by atoms with Crippen molar-refractivity contribution in [2.24, 2.45) is 0 Å². The molecule has 0 aliphatic carbocycles. The summed E-state index contributed by atoms with van der Waals surface area (Å²) in [5.74, 6) is -0.526. The van der Waals surface area contributed by atoms with Gasteiger partial charge < -0.3 is 24.1 Å². The Labute approximate surface area is 119 Å². The van der Waals surface area contributed by atoms with Crippen molar-refractivity contribution in [3.8, 4) is 0 Å². The third-order valence-corrected chi connectivity index (χ3v) is 2.86. The summed E-state index contributed by atoms with van der Waals surface area (Å²) in [5, 5.41) is 9.92. The van der Waals surface area contributed by atoms with Crippen LogP contribution in [-0.4, -0.2) is 55.0 Å². The van der Waals surface area contributed by atoms with Gasteiger partial charge in [-0.2, -0.15) is 0 Å². The van der Waals surface area contributed by atoms with Crippen LogP contribution in [-0.2, 0) is 23.7 Å². The Morgan fingerprint density at radius 3 is 2.25 bits per heavy atom. The van der Waals surface area contributed by atoms with E-state index in [1.807, 2.05) is 0 Å². The van der Waals surface area contributed by atoms with Crippen LogP contribution < -0.4 is 0 Å². The lowest BCUT2D eigenvalue weighted by Crippen LogP contribution is -2.59. The number of hydrogen-bond donors (Lipinski definition) is 1. The number of rotatable bonds is 7. The van der Waals surface area contributed by atoms with Gasteiger partial charge in [0.25, 0.3) is 0 Å². The molecule has 1 saturated heterocycles. The van der Waals surface area contributed by atoms with Crippen molar-refractivity contribution in [3.63, 3.8) is 0 Å². The van der Waals surface area contributed by atoms with E-state index in [1.165, 1.54) is 6.92 Å². The molecule has 0 unspecified atom stereocenters. The van der Waals surface area contributed by atoms with Gasteiger partial charge in [0, 0.05) is 6.92 Å². The average Bonchev–Trinajstić information content (AvgIpc) is 2.38. The minimum atomic E-state index is -1.26. The molecule has 6 nitrogen and oxygen atoms in total. The Kier molecular flexibility index (Phi) is 6.87. The molecule has 0 amide bonds. The second-order valence-electron chi connectivity index (χ2n) is 4.48. The Morgan fingerprint density at radius 2 is 1.75 bits per heavy atom. The van der Waals surface area contributed by atoms with Crippen molar-refractivity contribution < 1.29 is 28.8 Å². The monoisotopic (exact) mass is 286 g/mol. The van der Waals surface area contributed by atoms with Crippen LogP contribution in [0.2, 0.25) is 0 Å². The van der Waals surface area contributed by atoms with Crippen LogP contribution in [0.25, 0.3) is 0 Å². The van der Waals surface area contributed by atoms with E-state index in [0.717, 1.165) is 0 Å². The van der Waals surface area contributed by atoms with E-state index in [4.69, 9.17) is 18.9 Å². The minimum Gasteiger partial charge on any atom is -0.454 e. The van der Waals surface area contributed by atoms with Crippen LogP contribution in [0.5, 0.6) is 0 Å². The summed E-state index contributed by atoms with van der Waals surface area (Å²) in [6, 6.07) is 0. The highest BCUT2D eigenvalue weighted by Gasteiger charge is 2.47. The second kappa shape index (κ2) is 8.16. The first-order chi connectivity index (χ1) is 9.51. The summed E-state index contributed by atoms with van der Waals surface area (Å²) in [6.07, 6.45) is -0.570. The molecule has 1 N–H and O–H groups in total. The lowest BCUT2D eigenvalue weighted by molar-refractivity contribution is -0.294. The molecule has 0 aromatic rings. The second-order valence-corrected chi connectivity index (χ2v) is 4.48. The predicted octanol–water partition coefficient (Wildman–Crippen LogP) is 0.798. The van der Waals surface area contributed by atoms with Gasteiger partial charge in [0.15, 0.2) is 12.4 Å². The van der Waals surface area contributed by atoms with Gasteiger partial charge in [-0.05, 0) is 6.92 Å². The SMILES string of the molecule is C=CCO[C@@H]1[C@@H](OCC=C)[C@H](C)O[C@@H](O)[C@@H]1OC(C)=O. The summed E-state index contributed by atoms with van der Waals surface area (Å²) in [6.45, 7) is 10.7. The lowest BCUT2D eigenvalue weighted by atomic mass is 9.99. The number of carbonyl (C=O) groups is 1. The van der Waals surface area contributed by atoms with E-state index < -0.39 is 36.7 Å². The van der Waals surface area contributed by atoms with Gasteiger partial charge in [-0.15, -0.1) is 13.2 Å². The fraction of sp³-hybridized carbons (Fsp3) is 0.643. The maximum absolute atomic E-state index is 11.2. The standard InChI is InChI=1S/C14H22O6/c1-5-7-17-11-9(3)19-14(16)13(20-10(4)15)12(11)18-8-6-2/h5-6,9,11-14,16H,1-2,7-8H2,3-4H3/t9-,11-,12+,13+,14+/m0/s1. The summed E-state index contributed by atoms with van der Waals surface area (Å²) in [4.78, 5) is 11.2. The van der Waals surface area contributed by atoms with Crippen LogP contribution >= 0.6 is 0 Å². The first-order valence-corrected chi connectivity index (χ1v) is 6.47. The molecule has 114 valence electrons.